The Morgan fingerprint density at radius 3 is 2.42 bits per heavy atom. The van der Waals surface area contributed by atoms with E-state index in [0.717, 1.165) is 38.1 Å². The molecule has 1 aromatic heterocycles. The minimum Gasteiger partial charge on any atom is -0.376 e. The van der Waals surface area contributed by atoms with Crippen LogP contribution >= 0.6 is 0 Å². The van der Waals surface area contributed by atoms with Crippen molar-refractivity contribution in [2.24, 2.45) is 5.41 Å². The lowest BCUT2D eigenvalue weighted by Gasteiger charge is -2.34. The van der Waals surface area contributed by atoms with Gasteiger partial charge in [0.25, 0.3) is 0 Å². The van der Waals surface area contributed by atoms with Gasteiger partial charge in [0.05, 0.1) is 11.3 Å². The van der Waals surface area contributed by atoms with Gasteiger partial charge in [0.1, 0.15) is 0 Å². The second-order valence-corrected chi connectivity index (χ2v) is 6.71. The second-order valence-electron chi connectivity index (χ2n) is 6.71. The van der Waals surface area contributed by atoms with Crippen molar-refractivity contribution in [2.75, 3.05) is 6.61 Å². The Balaban J connectivity index is 2.59. The van der Waals surface area contributed by atoms with E-state index >= 15 is 0 Å². The predicted molar refractivity (Wildman–Crippen MR) is 78.1 cm³/mol. The monoisotopic (exact) mass is 267 g/mol. The van der Waals surface area contributed by atoms with Crippen molar-refractivity contribution in [3.8, 4) is 0 Å². The molecule has 0 N–H and O–H groups in total. The van der Waals surface area contributed by atoms with E-state index in [4.69, 9.17) is 4.74 Å². The van der Waals surface area contributed by atoms with E-state index in [-0.39, 0.29) is 11.0 Å². The Bertz CT molecular complexity index is 382. The average molecular weight is 267 g/mol. The third kappa shape index (κ3) is 5.72. The van der Waals surface area contributed by atoms with Crippen molar-refractivity contribution in [2.45, 2.75) is 73.0 Å². The molecule has 110 valence electrons. The fraction of sp³-hybridized carbons (Fsp3) is 0.867. The molecule has 0 aliphatic rings. The van der Waals surface area contributed by atoms with E-state index in [1.54, 1.807) is 0 Å². The summed E-state index contributed by atoms with van der Waals surface area (Å²) in [5.74, 6) is 0. The zero-order valence-electron chi connectivity index (χ0n) is 13.4. The predicted octanol–water partition coefficient (Wildman–Crippen LogP) is 3.46. The maximum absolute atomic E-state index is 5.93. The Kier molecular flexibility index (Phi) is 5.53. The van der Waals surface area contributed by atoms with E-state index in [0.29, 0.717) is 0 Å². The van der Waals surface area contributed by atoms with Gasteiger partial charge in [-0.05, 0) is 38.5 Å². The molecule has 1 rings (SSSR count). The maximum atomic E-state index is 5.93. The molecular weight excluding hydrogens is 238 g/mol. The molecule has 0 amide bonds. The number of hydrogen-bond donors (Lipinski definition) is 0. The number of nitrogens with zero attached hydrogens (tertiary/aromatic N) is 3. The molecule has 1 aromatic rings. The highest BCUT2D eigenvalue weighted by Crippen LogP contribution is 2.31. The standard InChI is InChI=1S/C15H29N3O/c1-7-9-19-15(5,6)11-14(3,4)12-18-10-13(8-2)16-17-18/h10H,7-9,11-12H2,1-6H3. The maximum Gasteiger partial charge on any atom is 0.0824 e. The van der Waals surface area contributed by atoms with Gasteiger partial charge in [-0.3, -0.25) is 4.68 Å². The van der Waals surface area contributed by atoms with Gasteiger partial charge >= 0.3 is 0 Å². The molecule has 0 aromatic carbocycles. The van der Waals surface area contributed by atoms with Gasteiger partial charge in [-0.1, -0.05) is 32.9 Å². The molecule has 0 bridgehead atoms. The Hall–Kier alpha value is -0.900. The smallest absolute Gasteiger partial charge is 0.0824 e. The van der Waals surface area contributed by atoms with Crippen molar-refractivity contribution in [3.63, 3.8) is 0 Å². The van der Waals surface area contributed by atoms with Gasteiger partial charge in [0, 0.05) is 19.3 Å². The van der Waals surface area contributed by atoms with Crippen LogP contribution in [0.25, 0.3) is 0 Å². The average Bonchev–Trinajstić information content (AvgIpc) is 2.71. The van der Waals surface area contributed by atoms with Crippen LogP contribution in [-0.4, -0.2) is 27.2 Å². The molecule has 1 heterocycles. The van der Waals surface area contributed by atoms with Crippen LogP contribution in [0.1, 0.15) is 60.1 Å². The SMILES string of the molecule is CCCOC(C)(C)CC(C)(C)Cn1cc(CC)nn1. The fourth-order valence-electron chi connectivity index (χ4n) is 2.65. The minimum atomic E-state index is -0.0896. The van der Waals surface area contributed by atoms with Crippen LogP contribution < -0.4 is 0 Å². The zero-order chi connectivity index (χ0) is 14.5. The first-order chi connectivity index (χ1) is 8.78. The molecule has 0 fully saturated rings. The summed E-state index contributed by atoms with van der Waals surface area (Å²) in [7, 11) is 0. The summed E-state index contributed by atoms with van der Waals surface area (Å²) in [4.78, 5) is 0. The lowest BCUT2D eigenvalue weighted by molar-refractivity contribution is -0.0485. The van der Waals surface area contributed by atoms with E-state index in [2.05, 4.69) is 51.9 Å². The van der Waals surface area contributed by atoms with Crippen molar-refractivity contribution >= 4 is 0 Å². The largest absolute Gasteiger partial charge is 0.376 e. The molecule has 0 spiro atoms. The zero-order valence-corrected chi connectivity index (χ0v) is 13.4. The lowest BCUT2D eigenvalue weighted by atomic mass is 9.81. The first-order valence-electron chi connectivity index (χ1n) is 7.31. The van der Waals surface area contributed by atoms with Crippen LogP contribution in [0.5, 0.6) is 0 Å². The molecular formula is C15H29N3O. The molecule has 0 atom stereocenters. The highest BCUT2D eigenvalue weighted by Gasteiger charge is 2.30. The van der Waals surface area contributed by atoms with Gasteiger partial charge in [0.15, 0.2) is 0 Å². The van der Waals surface area contributed by atoms with Crippen LogP contribution in [0.3, 0.4) is 0 Å². The Morgan fingerprint density at radius 2 is 1.89 bits per heavy atom. The summed E-state index contributed by atoms with van der Waals surface area (Å²) in [6.45, 7) is 14.8. The van der Waals surface area contributed by atoms with Gasteiger partial charge < -0.3 is 4.74 Å². The van der Waals surface area contributed by atoms with Crippen LogP contribution in [0, 0.1) is 5.41 Å². The molecule has 19 heavy (non-hydrogen) atoms. The van der Waals surface area contributed by atoms with Crippen LogP contribution in [-0.2, 0) is 17.7 Å². The molecule has 0 saturated heterocycles. The number of hydrogen-bond acceptors (Lipinski definition) is 3. The van der Waals surface area contributed by atoms with Crippen LogP contribution in [0.4, 0.5) is 0 Å². The summed E-state index contributed by atoms with van der Waals surface area (Å²) in [6.07, 6.45) is 5.04. The van der Waals surface area contributed by atoms with E-state index in [9.17, 15) is 0 Å². The fourth-order valence-corrected chi connectivity index (χ4v) is 2.65. The topological polar surface area (TPSA) is 39.9 Å². The molecule has 0 unspecified atom stereocenters. The molecule has 0 aliphatic heterocycles. The first kappa shape index (κ1) is 16.2. The minimum absolute atomic E-state index is 0.0896. The number of aromatic nitrogens is 3. The molecule has 0 saturated carbocycles. The van der Waals surface area contributed by atoms with Crippen molar-refractivity contribution in [1.29, 1.82) is 0 Å². The summed E-state index contributed by atoms with van der Waals surface area (Å²) in [5, 5.41) is 8.34. The van der Waals surface area contributed by atoms with Crippen molar-refractivity contribution < 1.29 is 4.74 Å². The van der Waals surface area contributed by atoms with E-state index in [1.807, 2.05) is 10.9 Å². The quantitative estimate of drug-likeness (QED) is 0.724. The summed E-state index contributed by atoms with van der Waals surface area (Å²) in [5.41, 5.74) is 1.10. The second kappa shape index (κ2) is 6.51. The van der Waals surface area contributed by atoms with E-state index < -0.39 is 0 Å². The molecule has 4 nitrogen and oxygen atoms in total. The van der Waals surface area contributed by atoms with Gasteiger partial charge in [-0.25, -0.2) is 0 Å². The summed E-state index contributed by atoms with van der Waals surface area (Å²) in [6, 6.07) is 0. The van der Waals surface area contributed by atoms with Crippen LogP contribution in [0.15, 0.2) is 6.20 Å². The van der Waals surface area contributed by atoms with Crippen molar-refractivity contribution in [3.05, 3.63) is 11.9 Å². The number of ether oxygens (including phenoxy) is 1. The first-order valence-corrected chi connectivity index (χ1v) is 7.31. The van der Waals surface area contributed by atoms with Gasteiger partial charge in [-0.15, -0.1) is 5.10 Å². The van der Waals surface area contributed by atoms with Crippen molar-refractivity contribution in [1.82, 2.24) is 15.0 Å². The lowest BCUT2D eigenvalue weighted by Crippen LogP contribution is -2.34. The normalized spacial score (nSPS) is 12.9. The van der Waals surface area contributed by atoms with Crippen LogP contribution in [0.2, 0.25) is 0 Å². The molecule has 0 radical (unpaired) electrons. The molecule has 4 heteroatoms. The highest BCUT2D eigenvalue weighted by molar-refractivity contribution is 4.92. The Labute approximate surface area is 117 Å². The third-order valence-corrected chi connectivity index (χ3v) is 3.14. The number of aryl methyl sites for hydroxylation is 1. The highest BCUT2D eigenvalue weighted by atomic mass is 16.5. The summed E-state index contributed by atoms with van der Waals surface area (Å²) < 4.78 is 7.89. The summed E-state index contributed by atoms with van der Waals surface area (Å²) >= 11 is 0. The number of rotatable bonds is 8. The van der Waals surface area contributed by atoms with Gasteiger partial charge in [0.2, 0.25) is 0 Å². The van der Waals surface area contributed by atoms with Gasteiger partial charge in [-0.2, -0.15) is 0 Å². The third-order valence-electron chi connectivity index (χ3n) is 3.14. The van der Waals surface area contributed by atoms with E-state index in [1.165, 1.54) is 0 Å². The molecule has 0 aliphatic carbocycles. The Morgan fingerprint density at radius 1 is 1.21 bits per heavy atom.